The highest BCUT2D eigenvalue weighted by Gasteiger charge is 2.45. The SMILES string of the molecule is CN(c1ccccc1)c1ncc(-c2nc(NCCN3C(=O)NC(=O)C3(C)C)ncc2Br)s1. The Kier molecular flexibility index (Phi) is 6.11. The number of thiazole rings is 1. The molecule has 0 saturated carbocycles. The van der Waals surface area contributed by atoms with Crippen molar-refractivity contribution in [2.45, 2.75) is 19.4 Å². The number of amides is 3. The predicted molar refractivity (Wildman–Crippen MR) is 128 cm³/mol. The number of hydrogen-bond acceptors (Lipinski definition) is 8. The van der Waals surface area contributed by atoms with E-state index >= 15 is 0 Å². The maximum atomic E-state index is 12.0. The molecule has 1 aliphatic rings. The number of halogens is 1. The molecule has 0 unspecified atom stereocenters. The summed E-state index contributed by atoms with van der Waals surface area (Å²) in [6.45, 7) is 4.17. The first-order valence-electron chi connectivity index (χ1n) is 9.92. The molecule has 3 amide bonds. The number of nitrogens with one attached hydrogen (secondary N) is 2. The molecule has 2 N–H and O–H groups in total. The van der Waals surface area contributed by atoms with Gasteiger partial charge < -0.3 is 15.1 Å². The monoisotopic (exact) mass is 515 g/mol. The molecule has 3 heterocycles. The van der Waals surface area contributed by atoms with E-state index in [1.54, 1.807) is 26.2 Å². The van der Waals surface area contributed by atoms with Crippen LogP contribution < -0.4 is 15.5 Å². The van der Waals surface area contributed by atoms with E-state index in [-0.39, 0.29) is 11.9 Å². The Morgan fingerprint density at radius 2 is 1.94 bits per heavy atom. The highest BCUT2D eigenvalue weighted by molar-refractivity contribution is 9.10. The Labute approximate surface area is 198 Å². The molecule has 3 aromatic rings. The van der Waals surface area contributed by atoms with Crippen LogP contribution in [0, 0.1) is 0 Å². The lowest BCUT2D eigenvalue weighted by atomic mass is 10.0. The zero-order chi connectivity index (χ0) is 22.9. The molecule has 0 bridgehead atoms. The van der Waals surface area contributed by atoms with Crippen molar-refractivity contribution in [3.63, 3.8) is 0 Å². The zero-order valence-electron chi connectivity index (χ0n) is 17.8. The van der Waals surface area contributed by atoms with Crippen molar-refractivity contribution >= 4 is 56.0 Å². The Morgan fingerprint density at radius 3 is 2.62 bits per heavy atom. The lowest BCUT2D eigenvalue weighted by molar-refractivity contribution is -0.125. The quantitative estimate of drug-likeness (QED) is 0.460. The number of carbonyl (C=O) groups excluding carboxylic acids is 2. The first-order valence-corrected chi connectivity index (χ1v) is 11.5. The van der Waals surface area contributed by atoms with Gasteiger partial charge in [-0.1, -0.05) is 29.5 Å². The predicted octanol–water partition coefficient (Wildman–Crippen LogP) is 3.87. The zero-order valence-corrected chi connectivity index (χ0v) is 20.2. The van der Waals surface area contributed by atoms with Crippen LogP contribution in [0.1, 0.15) is 13.8 Å². The van der Waals surface area contributed by atoms with Crippen molar-refractivity contribution in [2.24, 2.45) is 0 Å². The van der Waals surface area contributed by atoms with Gasteiger partial charge in [0, 0.05) is 38.2 Å². The van der Waals surface area contributed by atoms with Crippen molar-refractivity contribution in [3.8, 4) is 10.6 Å². The fourth-order valence-corrected chi connectivity index (χ4v) is 4.71. The van der Waals surface area contributed by atoms with Crippen LogP contribution in [-0.4, -0.2) is 57.5 Å². The lowest BCUT2D eigenvalue weighted by Gasteiger charge is -2.27. The average molecular weight is 516 g/mol. The van der Waals surface area contributed by atoms with Crippen LogP contribution in [0.4, 0.5) is 21.6 Å². The Bertz CT molecular complexity index is 1150. The van der Waals surface area contributed by atoms with Gasteiger partial charge in [-0.2, -0.15) is 0 Å². The summed E-state index contributed by atoms with van der Waals surface area (Å²) < 4.78 is 0.756. The smallest absolute Gasteiger partial charge is 0.325 e. The molecule has 2 aromatic heterocycles. The number of anilines is 3. The van der Waals surface area contributed by atoms with Crippen molar-refractivity contribution in [3.05, 3.63) is 47.2 Å². The van der Waals surface area contributed by atoms with E-state index in [1.165, 1.54) is 16.2 Å². The van der Waals surface area contributed by atoms with E-state index in [0.29, 0.717) is 19.0 Å². The van der Waals surface area contributed by atoms with Gasteiger partial charge >= 0.3 is 6.03 Å². The standard InChI is InChI=1S/C21H22BrN7O2S/c1-21(2)17(30)27-19(31)29(21)10-9-23-18-24-11-14(22)16(26-18)15-12-25-20(32-15)28(3)13-7-5-4-6-8-13/h4-8,11-12H,9-10H2,1-3H3,(H,23,24,26)(H,27,30,31). The van der Waals surface area contributed by atoms with Gasteiger partial charge in [0.1, 0.15) is 11.2 Å². The van der Waals surface area contributed by atoms with Crippen molar-refractivity contribution < 1.29 is 9.59 Å². The molecule has 166 valence electrons. The van der Waals surface area contributed by atoms with E-state index in [0.717, 1.165) is 25.9 Å². The number of hydrogen-bond donors (Lipinski definition) is 2. The molecule has 0 radical (unpaired) electrons. The summed E-state index contributed by atoms with van der Waals surface area (Å²) in [5.41, 5.74) is 0.890. The van der Waals surface area contributed by atoms with Gasteiger partial charge in [0.2, 0.25) is 5.95 Å². The number of imide groups is 1. The molecule has 9 nitrogen and oxygen atoms in total. The molecular weight excluding hydrogens is 494 g/mol. The van der Waals surface area contributed by atoms with E-state index in [4.69, 9.17) is 0 Å². The van der Waals surface area contributed by atoms with Gasteiger partial charge in [-0.25, -0.2) is 19.7 Å². The van der Waals surface area contributed by atoms with E-state index < -0.39 is 5.54 Å². The molecule has 32 heavy (non-hydrogen) atoms. The number of urea groups is 1. The van der Waals surface area contributed by atoms with Gasteiger partial charge in [-0.15, -0.1) is 0 Å². The van der Waals surface area contributed by atoms with Crippen molar-refractivity contribution in [1.82, 2.24) is 25.2 Å². The second-order valence-corrected chi connectivity index (χ2v) is 9.55. The Morgan fingerprint density at radius 1 is 1.19 bits per heavy atom. The fraction of sp³-hybridized carbons (Fsp3) is 0.286. The summed E-state index contributed by atoms with van der Waals surface area (Å²) in [6, 6.07) is 9.62. The number of para-hydroxylation sites is 1. The first-order chi connectivity index (χ1) is 15.3. The third kappa shape index (κ3) is 4.30. The summed E-state index contributed by atoms with van der Waals surface area (Å²) in [6.07, 6.45) is 3.47. The number of aromatic nitrogens is 3. The summed E-state index contributed by atoms with van der Waals surface area (Å²) in [5, 5.41) is 6.32. The van der Waals surface area contributed by atoms with Gasteiger partial charge in [0.25, 0.3) is 5.91 Å². The van der Waals surface area contributed by atoms with Crippen LogP contribution in [-0.2, 0) is 4.79 Å². The largest absolute Gasteiger partial charge is 0.352 e. The Balaban J connectivity index is 1.46. The van der Waals surface area contributed by atoms with Crippen LogP contribution in [0.15, 0.2) is 47.2 Å². The molecule has 0 aliphatic carbocycles. The van der Waals surface area contributed by atoms with Crippen LogP contribution in [0.3, 0.4) is 0 Å². The average Bonchev–Trinajstić information content (AvgIpc) is 3.33. The minimum Gasteiger partial charge on any atom is -0.352 e. The van der Waals surface area contributed by atoms with E-state index in [9.17, 15) is 9.59 Å². The fourth-order valence-electron chi connectivity index (χ4n) is 3.27. The molecule has 0 spiro atoms. The maximum absolute atomic E-state index is 12.0. The first kappa shape index (κ1) is 22.2. The number of rotatable bonds is 7. The molecule has 1 saturated heterocycles. The van der Waals surface area contributed by atoms with Gasteiger partial charge in [0.05, 0.1) is 9.35 Å². The summed E-state index contributed by atoms with van der Waals surface area (Å²) in [7, 11) is 1.97. The molecular formula is C21H22BrN7O2S. The lowest BCUT2D eigenvalue weighted by Crippen LogP contribution is -2.46. The normalized spacial score (nSPS) is 15.1. The number of carbonyl (C=O) groups is 2. The minimum atomic E-state index is -0.881. The van der Waals surface area contributed by atoms with Crippen molar-refractivity contribution in [2.75, 3.05) is 30.4 Å². The van der Waals surface area contributed by atoms with Crippen LogP contribution >= 0.6 is 27.3 Å². The topological polar surface area (TPSA) is 103 Å². The third-order valence-electron chi connectivity index (χ3n) is 5.22. The molecule has 1 fully saturated rings. The summed E-state index contributed by atoms with van der Waals surface area (Å²) in [5.74, 6) is 0.129. The number of nitrogens with zero attached hydrogens (tertiary/aromatic N) is 5. The maximum Gasteiger partial charge on any atom is 0.325 e. The van der Waals surface area contributed by atoms with Crippen LogP contribution in [0.25, 0.3) is 10.6 Å². The highest BCUT2D eigenvalue weighted by Crippen LogP contribution is 2.36. The highest BCUT2D eigenvalue weighted by atomic mass is 79.9. The second kappa shape index (κ2) is 8.83. The summed E-state index contributed by atoms with van der Waals surface area (Å²) in [4.78, 5) is 41.8. The molecule has 1 aliphatic heterocycles. The second-order valence-electron chi connectivity index (χ2n) is 7.69. The van der Waals surface area contributed by atoms with Crippen LogP contribution in [0.5, 0.6) is 0 Å². The van der Waals surface area contributed by atoms with E-state index in [1.807, 2.05) is 42.3 Å². The van der Waals surface area contributed by atoms with E-state index in [2.05, 4.69) is 41.5 Å². The molecule has 11 heteroatoms. The molecule has 1 aromatic carbocycles. The molecule has 0 atom stereocenters. The molecule has 4 rings (SSSR count). The van der Waals surface area contributed by atoms with Gasteiger partial charge in [0.15, 0.2) is 5.13 Å². The summed E-state index contributed by atoms with van der Waals surface area (Å²) >= 11 is 5.05. The van der Waals surface area contributed by atoms with Gasteiger partial charge in [-0.05, 0) is 41.9 Å². The van der Waals surface area contributed by atoms with Crippen LogP contribution in [0.2, 0.25) is 0 Å². The Hall–Kier alpha value is -3.05. The number of benzene rings is 1. The minimum absolute atomic E-state index is 0.300. The van der Waals surface area contributed by atoms with Crippen molar-refractivity contribution in [1.29, 1.82) is 0 Å². The third-order valence-corrected chi connectivity index (χ3v) is 6.88. The van der Waals surface area contributed by atoms with Gasteiger partial charge in [-0.3, -0.25) is 10.1 Å².